The van der Waals surface area contributed by atoms with Crippen LogP contribution in [0.1, 0.15) is 55.7 Å². The van der Waals surface area contributed by atoms with E-state index in [0.717, 1.165) is 0 Å². The minimum absolute atomic E-state index is 0.553. The van der Waals surface area contributed by atoms with E-state index >= 15 is 0 Å². The summed E-state index contributed by atoms with van der Waals surface area (Å²) in [7, 11) is 0. The van der Waals surface area contributed by atoms with Gasteiger partial charge in [0.25, 0.3) is 0 Å². The Bertz CT molecular complexity index is 357. The highest BCUT2D eigenvalue weighted by atomic mass is 14.7. The number of nitrogens with zero attached hydrogens (tertiary/aromatic N) is 2. The molecule has 1 saturated carbocycles. The van der Waals surface area contributed by atoms with Gasteiger partial charge in [0.15, 0.2) is 0 Å². The van der Waals surface area contributed by atoms with Gasteiger partial charge in [0, 0.05) is 6.20 Å². The normalized spacial score (nSPS) is 18.1. The van der Waals surface area contributed by atoms with Gasteiger partial charge in [-0.05, 0) is 36.5 Å². The third-order valence-corrected chi connectivity index (χ3v) is 3.23. The molecule has 1 aliphatic carbocycles. The predicted octanol–water partition coefficient (Wildman–Crippen LogP) is 3.39. The molecule has 0 radical (unpaired) electrons. The van der Waals surface area contributed by atoms with Gasteiger partial charge in [0.2, 0.25) is 0 Å². The van der Waals surface area contributed by atoms with Gasteiger partial charge in [-0.15, -0.1) is 0 Å². The number of pyridine rings is 1. The Kier molecular flexibility index (Phi) is 3.34. The van der Waals surface area contributed by atoms with Gasteiger partial charge in [-0.3, -0.25) is 0 Å². The molecule has 0 atom stereocenters. The fourth-order valence-corrected chi connectivity index (χ4v) is 2.37. The summed E-state index contributed by atoms with van der Waals surface area (Å²) in [6, 6.07) is 6.13. The predicted molar refractivity (Wildman–Crippen MR) is 59.4 cm³/mol. The lowest BCUT2D eigenvalue weighted by molar-refractivity contribution is 0.591. The van der Waals surface area contributed by atoms with E-state index in [1.165, 1.54) is 44.1 Å². The van der Waals surface area contributed by atoms with Crippen molar-refractivity contribution in [3.05, 3.63) is 29.6 Å². The van der Waals surface area contributed by atoms with Gasteiger partial charge in [0.1, 0.15) is 11.8 Å². The minimum Gasteiger partial charge on any atom is -0.246 e. The van der Waals surface area contributed by atoms with E-state index in [0.29, 0.717) is 11.6 Å². The van der Waals surface area contributed by atoms with Crippen molar-refractivity contribution in [1.82, 2.24) is 4.98 Å². The number of rotatable bonds is 1. The zero-order valence-corrected chi connectivity index (χ0v) is 8.95. The summed E-state index contributed by atoms with van der Waals surface area (Å²) in [5.74, 6) is 0.655. The average molecular weight is 200 g/mol. The highest BCUT2D eigenvalue weighted by Gasteiger charge is 2.14. The molecule has 1 aliphatic rings. The number of nitriles is 1. The SMILES string of the molecule is N#Cc1cc(C2CCCCCC2)ccn1. The summed E-state index contributed by atoms with van der Waals surface area (Å²) >= 11 is 0. The lowest BCUT2D eigenvalue weighted by Crippen LogP contribution is -1.98. The van der Waals surface area contributed by atoms with Crippen LogP contribution in [0.2, 0.25) is 0 Å². The summed E-state index contributed by atoms with van der Waals surface area (Å²) in [5.41, 5.74) is 1.86. The van der Waals surface area contributed by atoms with Crippen LogP contribution in [0.15, 0.2) is 18.3 Å². The highest BCUT2D eigenvalue weighted by Crippen LogP contribution is 2.31. The topological polar surface area (TPSA) is 36.7 Å². The van der Waals surface area contributed by atoms with Crippen LogP contribution in [0.4, 0.5) is 0 Å². The first-order chi connectivity index (χ1) is 7.40. The van der Waals surface area contributed by atoms with E-state index in [1.54, 1.807) is 6.20 Å². The quantitative estimate of drug-likeness (QED) is 0.651. The lowest BCUT2D eigenvalue weighted by atomic mass is 9.92. The molecule has 0 bridgehead atoms. The monoisotopic (exact) mass is 200 g/mol. The Morgan fingerprint density at radius 2 is 1.93 bits per heavy atom. The molecule has 1 fully saturated rings. The molecule has 78 valence electrons. The molecule has 1 aromatic rings. The van der Waals surface area contributed by atoms with Gasteiger partial charge in [-0.1, -0.05) is 25.7 Å². The molecule has 0 unspecified atom stereocenters. The van der Waals surface area contributed by atoms with Crippen molar-refractivity contribution < 1.29 is 0 Å². The summed E-state index contributed by atoms with van der Waals surface area (Å²) in [6.07, 6.45) is 9.70. The molecule has 0 aliphatic heterocycles. The molecule has 0 spiro atoms. The first-order valence-corrected chi connectivity index (χ1v) is 5.76. The van der Waals surface area contributed by atoms with Crippen molar-refractivity contribution in [3.8, 4) is 6.07 Å². The fraction of sp³-hybridized carbons (Fsp3) is 0.538. The Hall–Kier alpha value is -1.36. The second-order valence-electron chi connectivity index (χ2n) is 4.27. The first kappa shape index (κ1) is 10.2. The van der Waals surface area contributed by atoms with Crippen LogP contribution in [0, 0.1) is 11.3 Å². The maximum absolute atomic E-state index is 8.80. The molecule has 2 nitrogen and oxygen atoms in total. The second kappa shape index (κ2) is 4.93. The Morgan fingerprint density at radius 3 is 2.60 bits per heavy atom. The van der Waals surface area contributed by atoms with E-state index in [-0.39, 0.29) is 0 Å². The van der Waals surface area contributed by atoms with Crippen LogP contribution in [-0.2, 0) is 0 Å². The van der Waals surface area contributed by atoms with Crippen LogP contribution in [0.25, 0.3) is 0 Å². The molecule has 2 heteroatoms. The maximum atomic E-state index is 8.80. The third-order valence-electron chi connectivity index (χ3n) is 3.23. The van der Waals surface area contributed by atoms with E-state index in [1.807, 2.05) is 6.07 Å². The zero-order valence-electron chi connectivity index (χ0n) is 8.95. The maximum Gasteiger partial charge on any atom is 0.140 e. The van der Waals surface area contributed by atoms with Crippen molar-refractivity contribution in [3.63, 3.8) is 0 Å². The minimum atomic E-state index is 0.553. The van der Waals surface area contributed by atoms with E-state index in [9.17, 15) is 0 Å². The van der Waals surface area contributed by atoms with Crippen molar-refractivity contribution in [2.45, 2.75) is 44.4 Å². The third kappa shape index (κ3) is 2.56. The van der Waals surface area contributed by atoms with Gasteiger partial charge >= 0.3 is 0 Å². The average Bonchev–Trinajstić information content (AvgIpc) is 2.58. The van der Waals surface area contributed by atoms with Gasteiger partial charge in [-0.25, -0.2) is 4.98 Å². The van der Waals surface area contributed by atoms with Crippen molar-refractivity contribution >= 4 is 0 Å². The van der Waals surface area contributed by atoms with Crippen LogP contribution in [0.5, 0.6) is 0 Å². The number of hydrogen-bond acceptors (Lipinski definition) is 2. The van der Waals surface area contributed by atoms with Gasteiger partial charge in [-0.2, -0.15) is 5.26 Å². The van der Waals surface area contributed by atoms with Gasteiger partial charge in [0.05, 0.1) is 0 Å². The van der Waals surface area contributed by atoms with Crippen LogP contribution in [0.3, 0.4) is 0 Å². The smallest absolute Gasteiger partial charge is 0.140 e. The Morgan fingerprint density at radius 1 is 1.20 bits per heavy atom. The van der Waals surface area contributed by atoms with E-state index in [4.69, 9.17) is 5.26 Å². The molecular formula is C13H16N2. The first-order valence-electron chi connectivity index (χ1n) is 5.76. The summed E-state index contributed by atoms with van der Waals surface area (Å²) in [5, 5.41) is 8.80. The largest absolute Gasteiger partial charge is 0.246 e. The van der Waals surface area contributed by atoms with Crippen LogP contribution >= 0.6 is 0 Å². The zero-order chi connectivity index (χ0) is 10.5. The molecule has 1 aromatic heterocycles. The van der Waals surface area contributed by atoms with Crippen LogP contribution in [-0.4, -0.2) is 4.98 Å². The van der Waals surface area contributed by atoms with Crippen molar-refractivity contribution in [2.75, 3.05) is 0 Å². The molecule has 1 heterocycles. The molecule has 0 amide bonds. The highest BCUT2D eigenvalue weighted by molar-refractivity contribution is 5.27. The van der Waals surface area contributed by atoms with Crippen molar-refractivity contribution in [1.29, 1.82) is 5.26 Å². The molecule has 0 N–H and O–H groups in total. The fourth-order valence-electron chi connectivity index (χ4n) is 2.37. The molecule has 15 heavy (non-hydrogen) atoms. The van der Waals surface area contributed by atoms with Gasteiger partial charge < -0.3 is 0 Å². The molecule has 0 aromatic carbocycles. The summed E-state index contributed by atoms with van der Waals surface area (Å²) in [6.45, 7) is 0. The molecular weight excluding hydrogens is 184 g/mol. The molecule has 2 rings (SSSR count). The van der Waals surface area contributed by atoms with Crippen LogP contribution < -0.4 is 0 Å². The Labute approximate surface area is 91.0 Å². The standard InChI is InChI=1S/C13H16N2/c14-10-13-9-12(7-8-15-13)11-5-3-1-2-4-6-11/h7-9,11H,1-6H2. The summed E-state index contributed by atoms with van der Waals surface area (Å²) < 4.78 is 0. The second-order valence-corrected chi connectivity index (χ2v) is 4.27. The lowest BCUT2D eigenvalue weighted by Gasteiger charge is -2.13. The summed E-state index contributed by atoms with van der Waals surface area (Å²) in [4.78, 5) is 4.02. The van der Waals surface area contributed by atoms with E-state index in [2.05, 4.69) is 17.1 Å². The number of hydrogen-bond donors (Lipinski definition) is 0. The number of aromatic nitrogens is 1. The molecule has 0 saturated heterocycles. The van der Waals surface area contributed by atoms with E-state index < -0.39 is 0 Å². The Balaban J connectivity index is 2.16. The van der Waals surface area contributed by atoms with Crippen molar-refractivity contribution in [2.24, 2.45) is 0 Å².